The zero-order valence-corrected chi connectivity index (χ0v) is 12.6. The van der Waals surface area contributed by atoms with E-state index < -0.39 is 0 Å². The molecule has 0 spiro atoms. The molecule has 0 saturated heterocycles. The molecule has 22 heavy (non-hydrogen) atoms. The second-order valence-corrected chi connectivity index (χ2v) is 5.47. The van der Waals surface area contributed by atoms with Crippen molar-refractivity contribution in [3.05, 3.63) is 53.5 Å². The standard InChI is InChI=1S/C17H18N2O3/c1-11(16-4-3-9-22-16)18-17(21)14-5-6-15-13(10-14)7-8-19(15)12(2)20/h3-6,9-11H,7-8H2,1-2H3,(H,18,21)/t11-/m1/s1. The molecule has 0 unspecified atom stereocenters. The van der Waals surface area contributed by atoms with Gasteiger partial charge in [-0.15, -0.1) is 0 Å². The summed E-state index contributed by atoms with van der Waals surface area (Å²) in [5.41, 5.74) is 2.54. The van der Waals surface area contributed by atoms with E-state index >= 15 is 0 Å². The number of rotatable bonds is 3. The molecular weight excluding hydrogens is 280 g/mol. The molecule has 5 heteroatoms. The van der Waals surface area contributed by atoms with Gasteiger partial charge < -0.3 is 14.6 Å². The first-order valence-electron chi connectivity index (χ1n) is 7.31. The summed E-state index contributed by atoms with van der Waals surface area (Å²) in [6.07, 6.45) is 2.37. The van der Waals surface area contributed by atoms with Crippen molar-refractivity contribution < 1.29 is 14.0 Å². The van der Waals surface area contributed by atoms with Crippen LogP contribution in [0, 0.1) is 0 Å². The summed E-state index contributed by atoms with van der Waals surface area (Å²) in [5.74, 6) is 0.604. The van der Waals surface area contributed by atoms with Crippen molar-refractivity contribution in [1.29, 1.82) is 0 Å². The normalized spacial score (nSPS) is 14.5. The Morgan fingerprint density at radius 3 is 2.82 bits per heavy atom. The Morgan fingerprint density at radius 1 is 1.32 bits per heavy atom. The zero-order valence-electron chi connectivity index (χ0n) is 12.6. The van der Waals surface area contributed by atoms with Gasteiger partial charge in [-0.2, -0.15) is 0 Å². The van der Waals surface area contributed by atoms with E-state index in [-0.39, 0.29) is 17.9 Å². The lowest BCUT2D eigenvalue weighted by Crippen LogP contribution is -2.27. The monoisotopic (exact) mass is 298 g/mol. The Labute approximate surface area is 128 Å². The number of hydrogen-bond acceptors (Lipinski definition) is 3. The van der Waals surface area contributed by atoms with E-state index in [0.29, 0.717) is 12.1 Å². The number of fused-ring (bicyclic) bond motifs is 1. The molecule has 0 saturated carbocycles. The van der Waals surface area contributed by atoms with Gasteiger partial charge in [0.25, 0.3) is 5.91 Å². The van der Waals surface area contributed by atoms with E-state index in [2.05, 4.69) is 5.32 Å². The second-order valence-electron chi connectivity index (χ2n) is 5.47. The van der Waals surface area contributed by atoms with Crippen LogP contribution in [0.25, 0.3) is 0 Å². The van der Waals surface area contributed by atoms with E-state index in [1.54, 1.807) is 30.2 Å². The third-order valence-corrected chi connectivity index (χ3v) is 3.93. The molecule has 1 N–H and O–H groups in total. The minimum atomic E-state index is -0.190. The smallest absolute Gasteiger partial charge is 0.251 e. The summed E-state index contributed by atoms with van der Waals surface area (Å²) < 4.78 is 5.29. The van der Waals surface area contributed by atoms with Crippen LogP contribution >= 0.6 is 0 Å². The van der Waals surface area contributed by atoms with Gasteiger partial charge in [0.05, 0.1) is 12.3 Å². The molecule has 1 atom stereocenters. The van der Waals surface area contributed by atoms with Crippen LogP contribution in [0.4, 0.5) is 5.69 Å². The van der Waals surface area contributed by atoms with Crippen LogP contribution in [-0.4, -0.2) is 18.4 Å². The summed E-state index contributed by atoms with van der Waals surface area (Å²) in [6, 6.07) is 8.90. The van der Waals surface area contributed by atoms with Crippen molar-refractivity contribution in [2.24, 2.45) is 0 Å². The zero-order chi connectivity index (χ0) is 15.7. The molecule has 5 nitrogen and oxygen atoms in total. The van der Waals surface area contributed by atoms with Crippen LogP contribution in [0.1, 0.15) is 41.6 Å². The van der Waals surface area contributed by atoms with Crippen LogP contribution in [-0.2, 0) is 11.2 Å². The lowest BCUT2D eigenvalue weighted by atomic mass is 10.1. The van der Waals surface area contributed by atoms with Crippen molar-refractivity contribution in [3.8, 4) is 0 Å². The highest BCUT2D eigenvalue weighted by molar-refractivity contribution is 5.98. The van der Waals surface area contributed by atoms with Crippen LogP contribution in [0.2, 0.25) is 0 Å². The van der Waals surface area contributed by atoms with Crippen molar-refractivity contribution in [3.63, 3.8) is 0 Å². The van der Waals surface area contributed by atoms with Gasteiger partial charge in [-0.05, 0) is 49.2 Å². The first-order chi connectivity index (χ1) is 10.6. The highest BCUT2D eigenvalue weighted by atomic mass is 16.3. The van der Waals surface area contributed by atoms with Crippen LogP contribution in [0.15, 0.2) is 41.0 Å². The van der Waals surface area contributed by atoms with Gasteiger partial charge in [0.2, 0.25) is 5.91 Å². The van der Waals surface area contributed by atoms with E-state index in [9.17, 15) is 9.59 Å². The predicted molar refractivity (Wildman–Crippen MR) is 82.8 cm³/mol. The molecule has 0 bridgehead atoms. The average Bonchev–Trinajstić information content (AvgIpc) is 3.15. The van der Waals surface area contributed by atoms with E-state index in [0.717, 1.165) is 23.4 Å². The van der Waals surface area contributed by atoms with Gasteiger partial charge in [-0.1, -0.05) is 0 Å². The number of hydrogen-bond donors (Lipinski definition) is 1. The Hall–Kier alpha value is -2.56. The number of nitrogens with one attached hydrogen (secondary N) is 1. The molecular formula is C17H18N2O3. The van der Waals surface area contributed by atoms with Gasteiger partial charge >= 0.3 is 0 Å². The summed E-state index contributed by atoms with van der Waals surface area (Å²) >= 11 is 0. The topological polar surface area (TPSA) is 62.6 Å². The van der Waals surface area contributed by atoms with Crippen LogP contribution < -0.4 is 10.2 Å². The molecule has 2 aromatic rings. The highest BCUT2D eigenvalue weighted by Crippen LogP contribution is 2.29. The van der Waals surface area contributed by atoms with Crippen molar-refractivity contribution in [1.82, 2.24) is 5.32 Å². The lowest BCUT2D eigenvalue weighted by Gasteiger charge is -2.15. The molecule has 1 aromatic heterocycles. The molecule has 2 heterocycles. The van der Waals surface area contributed by atoms with Gasteiger partial charge in [-0.3, -0.25) is 9.59 Å². The van der Waals surface area contributed by atoms with E-state index in [4.69, 9.17) is 4.42 Å². The first-order valence-corrected chi connectivity index (χ1v) is 7.31. The minimum Gasteiger partial charge on any atom is -0.467 e. The third-order valence-electron chi connectivity index (χ3n) is 3.93. The number of furan rings is 1. The lowest BCUT2D eigenvalue weighted by molar-refractivity contribution is -0.116. The summed E-state index contributed by atoms with van der Waals surface area (Å²) in [6.45, 7) is 4.11. The maximum Gasteiger partial charge on any atom is 0.251 e. The van der Waals surface area contributed by atoms with E-state index in [1.807, 2.05) is 25.1 Å². The summed E-state index contributed by atoms with van der Waals surface area (Å²) in [7, 11) is 0. The number of nitrogens with zero attached hydrogens (tertiary/aromatic N) is 1. The maximum absolute atomic E-state index is 12.3. The molecule has 3 rings (SSSR count). The fourth-order valence-electron chi connectivity index (χ4n) is 2.76. The fraction of sp³-hybridized carbons (Fsp3) is 0.294. The largest absolute Gasteiger partial charge is 0.467 e. The molecule has 0 aliphatic carbocycles. The molecule has 1 aromatic carbocycles. The first kappa shape index (κ1) is 14.4. The van der Waals surface area contributed by atoms with Gasteiger partial charge in [0, 0.05) is 24.7 Å². The quantitative estimate of drug-likeness (QED) is 0.947. The average molecular weight is 298 g/mol. The number of benzene rings is 1. The minimum absolute atomic E-state index is 0.0300. The van der Waals surface area contributed by atoms with Gasteiger partial charge in [-0.25, -0.2) is 0 Å². The summed E-state index contributed by atoms with van der Waals surface area (Å²) in [5, 5.41) is 2.91. The molecule has 1 aliphatic rings. The Morgan fingerprint density at radius 2 is 2.14 bits per heavy atom. The van der Waals surface area contributed by atoms with Gasteiger partial charge in [0.1, 0.15) is 5.76 Å². The number of carbonyl (C=O) groups excluding carboxylic acids is 2. The Kier molecular flexibility index (Phi) is 3.71. The number of amides is 2. The van der Waals surface area contributed by atoms with Crippen molar-refractivity contribution >= 4 is 17.5 Å². The van der Waals surface area contributed by atoms with Crippen molar-refractivity contribution in [2.45, 2.75) is 26.3 Å². The SMILES string of the molecule is CC(=O)N1CCc2cc(C(=O)N[C@H](C)c3ccco3)ccc21. The molecule has 0 fully saturated rings. The van der Waals surface area contributed by atoms with Crippen LogP contribution in [0.5, 0.6) is 0 Å². The Balaban J connectivity index is 1.76. The highest BCUT2D eigenvalue weighted by Gasteiger charge is 2.23. The third kappa shape index (κ3) is 2.62. The molecule has 114 valence electrons. The molecule has 2 amide bonds. The predicted octanol–water partition coefficient (Wildman–Crippen LogP) is 2.68. The fourth-order valence-corrected chi connectivity index (χ4v) is 2.76. The number of carbonyl (C=O) groups is 2. The second kappa shape index (κ2) is 5.67. The Bertz CT molecular complexity index is 707. The van der Waals surface area contributed by atoms with Crippen LogP contribution in [0.3, 0.4) is 0 Å². The maximum atomic E-state index is 12.3. The van der Waals surface area contributed by atoms with Gasteiger partial charge in [0.15, 0.2) is 0 Å². The summed E-state index contributed by atoms with van der Waals surface area (Å²) in [4.78, 5) is 25.6. The van der Waals surface area contributed by atoms with Crippen molar-refractivity contribution in [2.75, 3.05) is 11.4 Å². The van der Waals surface area contributed by atoms with E-state index in [1.165, 1.54) is 0 Å². The number of anilines is 1. The molecule has 0 radical (unpaired) electrons. The molecule has 1 aliphatic heterocycles.